The van der Waals surface area contributed by atoms with Gasteiger partial charge in [0.05, 0.1) is 7.11 Å². The molecule has 0 aliphatic carbocycles. The Balaban J connectivity index is 2.84. The van der Waals surface area contributed by atoms with Crippen molar-refractivity contribution >= 4 is 0 Å². The molecule has 0 saturated heterocycles. The van der Waals surface area contributed by atoms with Gasteiger partial charge in [0, 0.05) is 6.04 Å². The van der Waals surface area contributed by atoms with Crippen molar-refractivity contribution in [2.45, 2.75) is 32.9 Å². The van der Waals surface area contributed by atoms with Gasteiger partial charge < -0.3 is 15.2 Å². The van der Waals surface area contributed by atoms with Crippen LogP contribution >= 0.6 is 0 Å². The van der Waals surface area contributed by atoms with Crippen molar-refractivity contribution in [1.29, 1.82) is 0 Å². The quantitative estimate of drug-likeness (QED) is 0.826. The van der Waals surface area contributed by atoms with Gasteiger partial charge in [0.2, 0.25) is 0 Å². The summed E-state index contributed by atoms with van der Waals surface area (Å²) in [7, 11) is 1.64. The molecule has 0 spiro atoms. The van der Waals surface area contributed by atoms with Gasteiger partial charge in [-0.3, -0.25) is 0 Å². The molecule has 2 N–H and O–H groups in total. The Bertz CT molecular complexity index is 323. The van der Waals surface area contributed by atoms with Crippen molar-refractivity contribution in [2.24, 2.45) is 5.73 Å². The molecule has 0 aromatic heterocycles. The Morgan fingerprint density at radius 1 is 1.20 bits per heavy atom. The van der Waals surface area contributed by atoms with Gasteiger partial charge in [-0.25, -0.2) is 0 Å². The lowest BCUT2D eigenvalue weighted by molar-refractivity contribution is 0.188. The Labute approximate surface area is 91.2 Å². The molecule has 0 bridgehead atoms. The summed E-state index contributed by atoms with van der Waals surface area (Å²) in [6.45, 7) is 5.89. The number of hydrogen-bond donors (Lipinski definition) is 1. The van der Waals surface area contributed by atoms with E-state index in [0.29, 0.717) is 0 Å². The molecule has 3 nitrogen and oxygen atoms in total. The molecule has 1 aromatic rings. The van der Waals surface area contributed by atoms with E-state index in [0.717, 1.165) is 17.1 Å². The van der Waals surface area contributed by atoms with Crippen molar-refractivity contribution in [1.82, 2.24) is 0 Å². The van der Waals surface area contributed by atoms with Crippen molar-refractivity contribution in [2.75, 3.05) is 7.11 Å². The van der Waals surface area contributed by atoms with Crippen LogP contribution in [0.15, 0.2) is 18.2 Å². The van der Waals surface area contributed by atoms with Gasteiger partial charge in [0.15, 0.2) is 11.5 Å². The number of benzene rings is 1. The third-order valence-electron chi connectivity index (χ3n) is 2.37. The Morgan fingerprint density at radius 3 is 2.40 bits per heavy atom. The van der Waals surface area contributed by atoms with Gasteiger partial charge in [-0.2, -0.15) is 0 Å². The highest BCUT2D eigenvalue weighted by Crippen LogP contribution is 2.28. The van der Waals surface area contributed by atoms with Crippen molar-refractivity contribution in [3.63, 3.8) is 0 Å². The standard InChI is InChI=1S/C12H19NO2/c1-8-5-6-11(12(7-8)14-4)15-10(3)9(2)13/h5-7,9-10H,13H2,1-4H3/t9-,10?/m0/s1. The predicted molar refractivity (Wildman–Crippen MR) is 61.5 cm³/mol. The molecular formula is C12H19NO2. The molecule has 84 valence electrons. The molecule has 0 radical (unpaired) electrons. The number of aryl methyl sites for hydroxylation is 1. The minimum absolute atomic E-state index is 0.00370. The van der Waals surface area contributed by atoms with E-state index in [1.165, 1.54) is 0 Å². The maximum Gasteiger partial charge on any atom is 0.161 e. The lowest BCUT2D eigenvalue weighted by Crippen LogP contribution is -2.33. The Kier molecular flexibility index (Phi) is 3.97. The third-order valence-corrected chi connectivity index (χ3v) is 2.37. The Hall–Kier alpha value is -1.22. The van der Waals surface area contributed by atoms with Crippen molar-refractivity contribution < 1.29 is 9.47 Å². The van der Waals surface area contributed by atoms with E-state index in [1.54, 1.807) is 7.11 Å². The van der Waals surface area contributed by atoms with E-state index in [2.05, 4.69) is 0 Å². The second-order valence-electron chi connectivity index (χ2n) is 3.84. The van der Waals surface area contributed by atoms with Crippen LogP contribution in [0.25, 0.3) is 0 Å². The summed E-state index contributed by atoms with van der Waals surface area (Å²) in [5.41, 5.74) is 6.89. The van der Waals surface area contributed by atoms with Crippen LogP contribution in [0.4, 0.5) is 0 Å². The van der Waals surface area contributed by atoms with Gasteiger partial charge in [-0.15, -0.1) is 0 Å². The van der Waals surface area contributed by atoms with Gasteiger partial charge in [0.25, 0.3) is 0 Å². The minimum Gasteiger partial charge on any atom is -0.493 e. The Morgan fingerprint density at radius 2 is 1.87 bits per heavy atom. The highest BCUT2D eigenvalue weighted by molar-refractivity contribution is 5.42. The molecule has 3 heteroatoms. The van der Waals surface area contributed by atoms with E-state index < -0.39 is 0 Å². The smallest absolute Gasteiger partial charge is 0.161 e. The second-order valence-corrected chi connectivity index (χ2v) is 3.84. The average Bonchev–Trinajstić information content (AvgIpc) is 2.20. The number of methoxy groups -OCH3 is 1. The van der Waals surface area contributed by atoms with Gasteiger partial charge in [0.1, 0.15) is 6.10 Å². The summed E-state index contributed by atoms with van der Waals surface area (Å²) in [4.78, 5) is 0. The second kappa shape index (κ2) is 5.03. The molecular weight excluding hydrogens is 190 g/mol. The zero-order valence-electron chi connectivity index (χ0n) is 9.78. The van der Waals surface area contributed by atoms with Crippen molar-refractivity contribution in [3.05, 3.63) is 23.8 Å². The SMILES string of the molecule is COc1cc(C)ccc1OC(C)[C@H](C)N. The van der Waals surface area contributed by atoms with E-state index in [4.69, 9.17) is 15.2 Å². The number of ether oxygens (including phenoxy) is 2. The monoisotopic (exact) mass is 209 g/mol. The fourth-order valence-corrected chi connectivity index (χ4v) is 1.18. The molecule has 1 rings (SSSR count). The third kappa shape index (κ3) is 3.13. The van der Waals surface area contributed by atoms with Crippen LogP contribution in [0.2, 0.25) is 0 Å². The zero-order chi connectivity index (χ0) is 11.4. The molecule has 2 atom stereocenters. The van der Waals surface area contributed by atoms with Crippen LogP contribution in [0.1, 0.15) is 19.4 Å². The topological polar surface area (TPSA) is 44.5 Å². The van der Waals surface area contributed by atoms with Crippen LogP contribution in [0, 0.1) is 6.92 Å². The first kappa shape index (κ1) is 11.9. The van der Waals surface area contributed by atoms with Crippen LogP contribution in [-0.2, 0) is 0 Å². The summed E-state index contributed by atoms with van der Waals surface area (Å²) in [6.07, 6.45) is -0.0263. The van der Waals surface area contributed by atoms with E-state index in [-0.39, 0.29) is 12.1 Å². The predicted octanol–water partition coefficient (Wildman–Crippen LogP) is 2.12. The summed E-state index contributed by atoms with van der Waals surface area (Å²) in [6, 6.07) is 5.85. The largest absolute Gasteiger partial charge is 0.493 e. The first-order chi connectivity index (χ1) is 7.04. The van der Waals surface area contributed by atoms with Crippen molar-refractivity contribution in [3.8, 4) is 11.5 Å². The first-order valence-corrected chi connectivity index (χ1v) is 5.11. The maximum atomic E-state index is 5.74. The van der Waals surface area contributed by atoms with Crippen LogP contribution in [-0.4, -0.2) is 19.3 Å². The minimum atomic E-state index is -0.0263. The summed E-state index contributed by atoms with van der Waals surface area (Å²) in [5, 5.41) is 0. The van der Waals surface area contributed by atoms with Crippen LogP contribution in [0.3, 0.4) is 0 Å². The summed E-state index contributed by atoms with van der Waals surface area (Å²) >= 11 is 0. The molecule has 15 heavy (non-hydrogen) atoms. The molecule has 0 saturated carbocycles. The van der Waals surface area contributed by atoms with Gasteiger partial charge >= 0.3 is 0 Å². The van der Waals surface area contributed by atoms with Gasteiger partial charge in [-0.1, -0.05) is 6.07 Å². The summed E-state index contributed by atoms with van der Waals surface area (Å²) < 4.78 is 10.9. The first-order valence-electron chi connectivity index (χ1n) is 5.11. The number of nitrogens with two attached hydrogens (primary N) is 1. The normalized spacial score (nSPS) is 14.5. The molecule has 1 unspecified atom stereocenters. The van der Waals surface area contributed by atoms with Crippen LogP contribution in [0.5, 0.6) is 11.5 Å². The molecule has 0 fully saturated rings. The molecule has 0 aliphatic heterocycles. The average molecular weight is 209 g/mol. The molecule has 0 heterocycles. The molecule has 0 amide bonds. The van der Waals surface area contributed by atoms with E-state index in [1.807, 2.05) is 39.0 Å². The molecule has 1 aromatic carbocycles. The highest BCUT2D eigenvalue weighted by atomic mass is 16.5. The fraction of sp³-hybridized carbons (Fsp3) is 0.500. The van der Waals surface area contributed by atoms with Crippen LogP contribution < -0.4 is 15.2 Å². The van der Waals surface area contributed by atoms with Gasteiger partial charge in [-0.05, 0) is 38.5 Å². The highest BCUT2D eigenvalue weighted by Gasteiger charge is 2.12. The van der Waals surface area contributed by atoms with E-state index in [9.17, 15) is 0 Å². The van der Waals surface area contributed by atoms with E-state index >= 15 is 0 Å². The number of hydrogen-bond acceptors (Lipinski definition) is 3. The maximum absolute atomic E-state index is 5.74. The lowest BCUT2D eigenvalue weighted by Gasteiger charge is -2.19. The fourth-order valence-electron chi connectivity index (χ4n) is 1.18. The summed E-state index contributed by atoms with van der Waals surface area (Å²) in [5.74, 6) is 1.50. The zero-order valence-corrected chi connectivity index (χ0v) is 9.78. The lowest BCUT2D eigenvalue weighted by atomic mass is 10.2. The molecule has 0 aliphatic rings. The number of rotatable bonds is 4.